The van der Waals surface area contributed by atoms with E-state index in [0.29, 0.717) is 11.0 Å². The second-order valence-corrected chi connectivity index (χ2v) is 6.99. The molecule has 0 saturated heterocycles. The first kappa shape index (κ1) is 15.1. The van der Waals surface area contributed by atoms with Crippen molar-refractivity contribution < 1.29 is 0 Å². The van der Waals surface area contributed by atoms with Crippen molar-refractivity contribution in [1.82, 2.24) is 14.9 Å². The van der Waals surface area contributed by atoms with E-state index >= 15 is 0 Å². The van der Waals surface area contributed by atoms with E-state index in [1.807, 2.05) is 42.5 Å². The lowest BCUT2D eigenvalue weighted by atomic mass is 10.2. The largest absolute Gasteiger partial charge is 0.335 e. The molecule has 3 aromatic rings. The summed E-state index contributed by atoms with van der Waals surface area (Å²) in [6.45, 7) is 2.13. The minimum absolute atomic E-state index is 0.250. The average molecular weight is 375 g/mol. The molecule has 22 heavy (non-hydrogen) atoms. The standard InChI is InChI=1S/C16H15BrN4S/c1-11(12-7-3-2-4-8-12)22-16-20-19-15(21(16)18)13-9-5-6-10-14(13)17/h2-11H,18H2,1H3/t11-/m0/s1. The molecule has 1 atom stereocenters. The maximum Gasteiger partial charge on any atom is 0.210 e. The zero-order valence-corrected chi connectivity index (χ0v) is 14.4. The molecule has 0 bridgehead atoms. The maximum absolute atomic E-state index is 6.18. The molecule has 6 heteroatoms. The zero-order chi connectivity index (χ0) is 15.5. The van der Waals surface area contributed by atoms with Crippen molar-refractivity contribution >= 4 is 27.7 Å². The molecule has 0 aliphatic rings. The van der Waals surface area contributed by atoms with Crippen LogP contribution in [0, 0.1) is 0 Å². The first-order chi connectivity index (χ1) is 10.7. The Bertz CT molecular complexity index is 773. The molecule has 2 N–H and O–H groups in total. The highest BCUT2D eigenvalue weighted by Gasteiger charge is 2.17. The third-order valence-corrected chi connectivity index (χ3v) is 5.14. The van der Waals surface area contributed by atoms with Crippen molar-refractivity contribution in [3.8, 4) is 11.4 Å². The van der Waals surface area contributed by atoms with E-state index in [4.69, 9.17) is 5.84 Å². The van der Waals surface area contributed by atoms with Gasteiger partial charge in [-0.15, -0.1) is 10.2 Å². The van der Waals surface area contributed by atoms with Crippen molar-refractivity contribution in [3.05, 3.63) is 64.6 Å². The maximum atomic E-state index is 6.18. The molecular formula is C16H15BrN4S. The van der Waals surface area contributed by atoms with Crippen LogP contribution in [0.15, 0.2) is 64.2 Å². The fourth-order valence-electron chi connectivity index (χ4n) is 2.13. The fraction of sp³-hybridized carbons (Fsp3) is 0.125. The molecule has 0 saturated carbocycles. The molecule has 0 amide bonds. The van der Waals surface area contributed by atoms with Gasteiger partial charge in [0, 0.05) is 15.3 Å². The van der Waals surface area contributed by atoms with Crippen molar-refractivity contribution in [3.63, 3.8) is 0 Å². The number of nitrogen functional groups attached to an aromatic ring is 1. The lowest BCUT2D eigenvalue weighted by molar-refractivity contribution is 0.843. The Morgan fingerprint density at radius 2 is 1.73 bits per heavy atom. The van der Waals surface area contributed by atoms with Gasteiger partial charge in [-0.05, 0) is 24.6 Å². The van der Waals surface area contributed by atoms with Crippen LogP contribution in [-0.2, 0) is 0 Å². The first-order valence-corrected chi connectivity index (χ1v) is 8.51. The number of rotatable bonds is 4. The number of halogens is 1. The van der Waals surface area contributed by atoms with Gasteiger partial charge in [-0.3, -0.25) is 0 Å². The van der Waals surface area contributed by atoms with Gasteiger partial charge in [-0.2, -0.15) is 0 Å². The monoisotopic (exact) mass is 374 g/mol. The Hall–Kier alpha value is -1.79. The second kappa shape index (κ2) is 6.54. The van der Waals surface area contributed by atoms with Gasteiger partial charge < -0.3 is 5.84 Å². The molecule has 112 valence electrons. The summed E-state index contributed by atoms with van der Waals surface area (Å²) in [5.41, 5.74) is 2.16. The molecule has 0 fully saturated rings. The number of hydrogen-bond donors (Lipinski definition) is 1. The summed E-state index contributed by atoms with van der Waals surface area (Å²) < 4.78 is 2.49. The number of thioether (sulfide) groups is 1. The van der Waals surface area contributed by atoms with E-state index in [1.54, 1.807) is 16.4 Å². The van der Waals surface area contributed by atoms with Gasteiger partial charge in [0.05, 0.1) is 0 Å². The molecule has 4 nitrogen and oxygen atoms in total. The van der Waals surface area contributed by atoms with Crippen molar-refractivity contribution in [2.24, 2.45) is 0 Å². The Morgan fingerprint density at radius 3 is 2.45 bits per heavy atom. The minimum atomic E-state index is 0.250. The Kier molecular flexibility index (Phi) is 4.49. The van der Waals surface area contributed by atoms with E-state index < -0.39 is 0 Å². The molecule has 3 rings (SSSR count). The number of nitrogens with zero attached hydrogens (tertiary/aromatic N) is 3. The highest BCUT2D eigenvalue weighted by Crippen LogP contribution is 2.35. The number of benzene rings is 2. The molecule has 0 unspecified atom stereocenters. The smallest absolute Gasteiger partial charge is 0.210 e. The average Bonchev–Trinajstić information content (AvgIpc) is 2.90. The van der Waals surface area contributed by atoms with Gasteiger partial charge in [0.25, 0.3) is 0 Å². The summed E-state index contributed by atoms with van der Waals surface area (Å²) in [4.78, 5) is 0. The van der Waals surface area contributed by atoms with Crippen molar-refractivity contribution in [2.45, 2.75) is 17.3 Å². The highest BCUT2D eigenvalue weighted by atomic mass is 79.9. The number of aromatic nitrogens is 3. The van der Waals surface area contributed by atoms with Gasteiger partial charge in [-0.1, -0.05) is 70.2 Å². The minimum Gasteiger partial charge on any atom is -0.335 e. The van der Waals surface area contributed by atoms with Crippen LogP contribution in [0.3, 0.4) is 0 Å². The van der Waals surface area contributed by atoms with E-state index in [0.717, 1.165) is 10.0 Å². The van der Waals surface area contributed by atoms with Gasteiger partial charge in [-0.25, -0.2) is 4.68 Å². The molecule has 0 aliphatic carbocycles. The quantitative estimate of drug-likeness (QED) is 0.546. The lowest BCUT2D eigenvalue weighted by Crippen LogP contribution is -2.12. The predicted molar refractivity (Wildman–Crippen MR) is 94.0 cm³/mol. The molecule has 1 heterocycles. The molecule has 2 aromatic carbocycles. The second-order valence-electron chi connectivity index (χ2n) is 4.83. The summed E-state index contributed by atoms with van der Waals surface area (Å²) in [7, 11) is 0. The number of hydrogen-bond acceptors (Lipinski definition) is 4. The van der Waals surface area contributed by atoms with E-state index in [-0.39, 0.29) is 5.25 Å². The summed E-state index contributed by atoms with van der Waals surface area (Å²) in [6, 6.07) is 18.1. The SMILES string of the molecule is C[C@H](Sc1nnc(-c2ccccc2Br)n1N)c1ccccc1. The van der Waals surface area contributed by atoms with Gasteiger partial charge in [0.1, 0.15) is 0 Å². The molecule has 0 aliphatic heterocycles. The van der Waals surface area contributed by atoms with E-state index in [9.17, 15) is 0 Å². The van der Waals surface area contributed by atoms with Gasteiger partial charge in [0.15, 0.2) is 5.82 Å². The van der Waals surface area contributed by atoms with Crippen LogP contribution in [0.1, 0.15) is 17.7 Å². The fourth-order valence-corrected chi connectivity index (χ4v) is 3.49. The van der Waals surface area contributed by atoms with Crippen LogP contribution < -0.4 is 5.84 Å². The molecule has 1 aromatic heterocycles. The Morgan fingerprint density at radius 1 is 1.05 bits per heavy atom. The van der Waals surface area contributed by atoms with Gasteiger partial charge >= 0.3 is 0 Å². The zero-order valence-electron chi connectivity index (χ0n) is 12.0. The molecular weight excluding hydrogens is 360 g/mol. The van der Waals surface area contributed by atoms with Crippen molar-refractivity contribution in [1.29, 1.82) is 0 Å². The third-order valence-electron chi connectivity index (χ3n) is 3.33. The first-order valence-electron chi connectivity index (χ1n) is 6.84. The van der Waals surface area contributed by atoms with E-state index in [1.165, 1.54) is 5.56 Å². The van der Waals surface area contributed by atoms with Crippen LogP contribution in [0.25, 0.3) is 11.4 Å². The van der Waals surface area contributed by atoms with Crippen molar-refractivity contribution in [2.75, 3.05) is 5.84 Å². The molecule has 0 radical (unpaired) electrons. The van der Waals surface area contributed by atoms with Crippen LogP contribution >= 0.6 is 27.7 Å². The Labute approximate surface area is 141 Å². The van der Waals surface area contributed by atoms with Gasteiger partial charge in [0.2, 0.25) is 5.16 Å². The Balaban J connectivity index is 1.87. The lowest BCUT2D eigenvalue weighted by Gasteiger charge is -2.11. The highest BCUT2D eigenvalue weighted by molar-refractivity contribution is 9.10. The summed E-state index contributed by atoms with van der Waals surface area (Å²) in [5.74, 6) is 6.83. The third kappa shape index (κ3) is 3.03. The summed E-state index contributed by atoms with van der Waals surface area (Å²) in [6.07, 6.45) is 0. The van der Waals surface area contributed by atoms with E-state index in [2.05, 4.69) is 45.2 Å². The summed E-state index contributed by atoms with van der Waals surface area (Å²) in [5, 5.41) is 9.41. The topological polar surface area (TPSA) is 56.7 Å². The van der Waals surface area contributed by atoms with Crippen LogP contribution in [0.5, 0.6) is 0 Å². The van der Waals surface area contributed by atoms with Crippen LogP contribution in [-0.4, -0.2) is 14.9 Å². The summed E-state index contributed by atoms with van der Waals surface area (Å²) >= 11 is 5.11. The van der Waals surface area contributed by atoms with Crippen LogP contribution in [0.2, 0.25) is 0 Å². The number of nitrogens with two attached hydrogens (primary N) is 1. The van der Waals surface area contributed by atoms with Crippen LogP contribution in [0.4, 0.5) is 0 Å². The predicted octanol–water partition coefficient (Wildman–Crippen LogP) is 4.27. The molecule has 0 spiro atoms. The normalized spacial score (nSPS) is 12.3.